The Morgan fingerprint density at radius 1 is 1.25 bits per heavy atom. The molecule has 0 spiro atoms. The van der Waals surface area contributed by atoms with E-state index in [1.807, 2.05) is 6.08 Å². The van der Waals surface area contributed by atoms with Crippen LogP contribution in [0.2, 0.25) is 0 Å². The molecule has 0 aromatic heterocycles. The molecule has 1 atom stereocenters. The predicted octanol–water partition coefficient (Wildman–Crippen LogP) is 2.71. The molecular weight excluding hydrogens is 198 g/mol. The van der Waals surface area contributed by atoms with Gasteiger partial charge in [-0.2, -0.15) is 0 Å². The molecule has 0 N–H and O–H groups in total. The lowest BCUT2D eigenvalue weighted by Gasteiger charge is -2.31. The number of ketones is 1. The van der Waals surface area contributed by atoms with Crippen LogP contribution in [0.3, 0.4) is 0 Å². The van der Waals surface area contributed by atoms with Crippen molar-refractivity contribution in [2.24, 2.45) is 0 Å². The van der Waals surface area contributed by atoms with Gasteiger partial charge < -0.3 is 0 Å². The summed E-state index contributed by atoms with van der Waals surface area (Å²) >= 11 is 0. The molecule has 2 rings (SSSR count). The number of carbonyl (C=O) groups excluding carboxylic acids is 1. The van der Waals surface area contributed by atoms with Crippen LogP contribution >= 0.6 is 0 Å². The van der Waals surface area contributed by atoms with Gasteiger partial charge in [-0.25, -0.2) is 0 Å². The van der Waals surface area contributed by atoms with Gasteiger partial charge in [-0.05, 0) is 45.7 Å². The molecule has 1 aliphatic heterocycles. The van der Waals surface area contributed by atoms with Crippen molar-refractivity contribution in [3.05, 3.63) is 23.8 Å². The molecule has 16 heavy (non-hydrogen) atoms. The minimum absolute atomic E-state index is 0.0642. The highest BCUT2D eigenvalue weighted by molar-refractivity contribution is 6.01. The fourth-order valence-corrected chi connectivity index (χ4v) is 2.51. The van der Waals surface area contributed by atoms with Crippen LogP contribution in [0, 0.1) is 0 Å². The summed E-state index contributed by atoms with van der Waals surface area (Å²) in [4.78, 5) is 14.6. The first-order valence-corrected chi connectivity index (χ1v) is 6.44. The molecule has 0 aromatic rings. The molecule has 0 radical (unpaired) electrons. The van der Waals surface area contributed by atoms with Crippen LogP contribution in [0.1, 0.15) is 39.0 Å². The van der Waals surface area contributed by atoms with E-state index in [-0.39, 0.29) is 6.04 Å². The summed E-state index contributed by atoms with van der Waals surface area (Å²) in [6, 6.07) is 0.0642. The second-order valence-electron chi connectivity index (χ2n) is 4.78. The standard InChI is InChI=1S/C14H21NO/c1-12(15-10-6-3-7-11-15)14(16)13-8-4-2-5-9-13/h4,8-9,12H,2-3,5-7,10-11H2,1H3. The third-order valence-electron chi connectivity index (χ3n) is 3.60. The Labute approximate surface area is 98.0 Å². The van der Waals surface area contributed by atoms with Crippen LogP contribution in [-0.2, 0) is 4.79 Å². The zero-order valence-corrected chi connectivity index (χ0v) is 10.1. The summed E-state index contributed by atoms with van der Waals surface area (Å²) in [5, 5.41) is 0. The highest BCUT2D eigenvalue weighted by Crippen LogP contribution is 2.18. The lowest BCUT2D eigenvalue weighted by molar-refractivity contribution is -0.120. The Bertz CT molecular complexity index is 311. The van der Waals surface area contributed by atoms with Crippen molar-refractivity contribution < 1.29 is 4.79 Å². The Hall–Kier alpha value is -0.890. The molecule has 1 saturated heterocycles. The maximum Gasteiger partial charge on any atom is 0.179 e. The normalized spacial score (nSPS) is 23.9. The van der Waals surface area contributed by atoms with Gasteiger partial charge in [0.15, 0.2) is 5.78 Å². The Kier molecular flexibility index (Phi) is 3.94. The van der Waals surface area contributed by atoms with Crippen molar-refractivity contribution in [1.29, 1.82) is 0 Å². The number of allylic oxidation sites excluding steroid dienone is 3. The fourth-order valence-electron chi connectivity index (χ4n) is 2.51. The van der Waals surface area contributed by atoms with E-state index in [1.165, 1.54) is 19.3 Å². The number of carbonyl (C=O) groups is 1. The number of Topliss-reactive ketones (excluding diaryl/α,β-unsaturated/α-hetero) is 1. The second kappa shape index (κ2) is 5.44. The lowest BCUT2D eigenvalue weighted by Crippen LogP contribution is -2.42. The minimum atomic E-state index is 0.0642. The predicted molar refractivity (Wildman–Crippen MR) is 66.4 cm³/mol. The smallest absolute Gasteiger partial charge is 0.179 e. The van der Waals surface area contributed by atoms with Crippen molar-refractivity contribution in [1.82, 2.24) is 4.90 Å². The first kappa shape index (κ1) is 11.6. The molecule has 88 valence electrons. The summed E-state index contributed by atoms with van der Waals surface area (Å²) in [7, 11) is 0. The van der Waals surface area contributed by atoms with Crippen LogP contribution in [0.25, 0.3) is 0 Å². The molecule has 0 saturated carbocycles. The van der Waals surface area contributed by atoms with Gasteiger partial charge in [0.1, 0.15) is 0 Å². The van der Waals surface area contributed by atoms with Gasteiger partial charge in [0, 0.05) is 5.57 Å². The van der Waals surface area contributed by atoms with E-state index >= 15 is 0 Å². The largest absolute Gasteiger partial charge is 0.294 e. The first-order chi connectivity index (χ1) is 7.79. The molecule has 1 unspecified atom stereocenters. The van der Waals surface area contributed by atoms with Gasteiger partial charge in [-0.15, -0.1) is 0 Å². The van der Waals surface area contributed by atoms with Crippen LogP contribution in [0.15, 0.2) is 23.8 Å². The Balaban J connectivity index is 1.97. The topological polar surface area (TPSA) is 20.3 Å². The molecule has 1 fully saturated rings. The summed E-state index contributed by atoms with van der Waals surface area (Å²) in [6.07, 6.45) is 12.1. The van der Waals surface area contributed by atoms with E-state index in [0.717, 1.165) is 31.5 Å². The number of hydrogen-bond donors (Lipinski definition) is 0. The average molecular weight is 219 g/mol. The van der Waals surface area contributed by atoms with E-state index in [0.29, 0.717) is 5.78 Å². The monoisotopic (exact) mass is 219 g/mol. The maximum atomic E-state index is 12.2. The summed E-state index contributed by atoms with van der Waals surface area (Å²) < 4.78 is 0. The van der Waals surface area contributed by atoms with Crippen LogP contribution in [-0.4, -0.2) is 29.8 Å². The van der Waals surface area contributed by atoms with E-state index in [4.69, 9.17) is 0 Å². The first-order valence-electron chi connectivity index (χ1n) is 6.44. The molecule has 0 bridgehead atoms. The average Bonchev–Trinajstić information content (AvgIpc) is 2.39. The zero-order valence-electron chi connectivity index (χ0n) is 10.1. The van der Waals surface area contributed by atoms with Gasteiger partial charge in [0.05, 0.1) is 6.04 Å². The van der Waals surface area contributed by atoms with Crippen LogP contribution in [0.4, 0.5) is 0 Å². The quantitative estimate of drug-likeness (QED) is 0.727. The summed E-state index contributed by atoms with van der Waals surface area (Å²) in [6.45, 7) is 4.23. The second-order valence-corrected chi connectivity index (χ2v) is 4.78. The molecule has 0 aromatic carbocycles. The molecule has 1 aliphatic carbocycles. The maximum absolute atomic E-state index is 12.2. The minimum Gasteiger partial charge on any atom is -0.294 e. The highest BCUT2D eigenvalue weighted by Gasteiger charge is 2.24. The molecular formula is C14H21NO. The fraction of sp³-hybridized carbons (Fsp3) is 0.643. The van der Waals surface area contributed by atoms with Crippen molar-refractivity contribution >= 4 is 5.78 Å². The van der Waals surface area contributed by atoms with E-state index in [9.17, 15) is 4.79 Å². The van der Waals surface area contributed by atoms with Gasteiger partial charge in [-0.3, -0.25) is 9.69 Å². The van der Waals surface area contributed by atoms with Crippen molar-refractivity contribution in [2.75, 3.05) is 13.1 Å². The van der Waals surface area contributed by atoms with Crippen LogP contribution < -0.4 is 0 Å². The van der Waals surface area contributed by atoms with E-state index < -0.39 is 0 Å². The van der Waals surface area contributed by atoms with Gasteiger partial charge in [0.25, 0.3) is 0 Å². The van der Waals surface area contributed by atoms with Crippen molar-refractivity contribution in [3.8, 4) is 0 Å². The molecule has 2 aliphatic rings. The van der Waals surface area contributed by atoms with E-state index in [2.05, 4.69) is 24.0 Å². The summed E-state index contributed by atoms with van der Waals surface area (Å²) in [5.74, 6) is 0.304. The highest BCUT2D eigenvalue weighted by atomic mass is 16.1. The van der Waals surface area contributed by atoms with Crippen LogP contribution in [0.5, 0.6) is 0 Å². The number of likely N-dealkylation sites (tertiary alicyclic amines) is 1. The Morgan fingerprint density at radius 3 is 2.62 bits per heavy atom. The van der Waals surface area contributed by atoms with Crippen molar-refractivity contribution in [3.63, 3.8) is 0 Å². The number of piperidine rings is 1. The third kappa shape index (κ3) is 2.62. The number of rotatable bonds is 3. The number of nitrogens with zero attached hydrogens (tertiary/aromatic N) is 1. The zero-order chi connectivity index (χ0) is 11.4. The molecule has 1 heterocycles. The lowest BCUT2D eigenvalue weighted by atomic mass is 9.97. The molecule has 2 nitrogen and oxygen atoms in total. The SMILES string of the molecule is CC(C(=O)C1=CCCC=C1)N1CCCCC1. The molecule has 2 heteroatoms. The third-order valence-corrected chi connectivity index (χ3v) is 3.60. The van der Waals surface area contributed by atoms with E-state index in [1.54, 1.807) is 0 Å². The van der Waals surface area contributed by atoms with Gasteiger partial charge in [0.2, 0.25) is 0 Å². The Morgan fingerprint density at radius 2 is 2.00 bits per heavy atom. The number of hydrogen-bond acceptors (Lipinski definition) is 2. The van der Waals surface area contributed by atoms with Gasteiger partial charge >= 0.3 is 0 Å². The molecule has 0 amide bonds. The summed E-state index contributed by atoms with van der Waals surface area (Å²) in [5.41, 5.74) is 0.921. The van der Waals surface area contributed by atoms with Gasteiger partial charge in [-0.1, -0.05) is 24.6 Å². The van der Waals surface area contributed by atoms with Crippen molar-refractivity contribution in [2.45, 2.75) is 45.1 Å².